The molecule has 1 aromatic heterocycles. The smallest absolute Gasteiger partial charge is 0.243 e. The van der Waals surface area contributed by atoms with E-state index in [0.717, 1.165) is 33.7 Å². The summed E-state index contributed by atoms with van der Waals surface area (Å²) in [6, 6.07) is 5.62. The van der Waals surface area contributed by atoms with Gasteiger partial charge in [0.2, 0.25) is 11.8 Å². The van der Waals surface area contributed by atoms with Gasteiger partial charge >= 0.3 is 0 Å². The molecule has 1 aliphatic rings. The van der Waals surface area contributed by atoms with E-state index in [4.69, 9.17) is 5.73 Å². The molecule has 7 nitrogen and oxygen atoms in total. The zero-order valence-corrected chi connectivity index (χ0v) is 21.4. The molecule has 2 heterocycles. The Morgan fingerprint density at radius 3 is 2.62 bits per heavy atom. The van der Waals surface area contributed by atoms with Crippen molar-refractivity contribution in [1.82, 2.24) is 15.2 Å². The maximum absolute atomic E-state index is 13.3. The maximum atomic E-state index is 13.3. The SMILES string of the molecule is CC(N)=CC(=O)C(C(=O)N1CCCC1C(=O)NCc1ccc(-c2scnc2C)cc1C)C(C)C. The number of hydrogen-bond acceptors (Lipinski definition) is 6. The van der Waals surface area contributed by atoms with Gasteiger partial charge in [-0.05, 0) is 56.2 Å². The van der Waals surface area contributed by atoms with E-state index in [1.54, 1.807) is 23.2 Å². The molecule has 0 bridgehead atoms. The van der Waals surface area contributed by atoms with Crippen LogP contribution in [0.25, 0.3) is 10.4 Å². The Morgan fingerprint density at radius 1 is 1.29 bits per heavy atom. The molecule has 2 atom stereocenters. The normalized spacial score (nSPS) is 17.2. The van der Waals surface area contributed by atoms with Crippen molar-refractivity contribution < 1.29 is 14.4 Å². The molecule has 0 aliphatic carbocycles. The van der Waals surface area contributed by atoms with Crippen molar-refractivity contribution in [2.24, 2.45) is 17.6 Å². The fourth-order valence-electron chi connectivity index (χ4n) is 4.45. The molecule has 2 aromatic rings. The predicted octanol–water partition coefficient (Wildman–Crippen LogP) is 3.74. The first kappa shape index (κ1) is 25.6. The minimum absolute atomic E-state index is 0.187. The van der Waals surface area contributed by atoms with E-state index < -0.39 is 12.0 Å². The fourth-order valence-corrected chi connectivity index (χ4v) is 5.25. The molecule has 3 N–H and O–H groups in total. The summed E-state index contributed by atoms with van der Waals surface area (Å²) in [5.41, 5.74) is 12.1. The van der Waals surface area contributed by atoms with Gasteiger partial charge in [-0.15, -0.1) is 11.3 Å². The molecule has 1 aromatic carbocycles. The van der Waals surface area contributed by atoms with E-state index in [-0.39, 0.29) is 23.5 Å². The van der Waals surface area contributed by atoms with Crippen molar-refractivity contribution in [1.29, 1.82) is 0 Å². The van der Waals surface area contributed by atoms with E-state index in [0.29, 0.717) is 25.2 Å². The van der Waals surface area contributed by atoms with Crippen molar-refractivity contribution in [2.45, 2.75) is 60.0 Å². The number of carbonyl (C=O) groups is 3. The Bertz CT molecular complexity index is 1100. The number of nitrogens with zero attached hydrogens (tertiary/aromatic N) is 2. The van der Waals surface area contributed by atoms with Gasteiger partial charge in [-0.25, -0.2) is 4.98 Å². The van der Waals surface area contributed by atoms with E-state index in [1.165, 1.54) is 6.08 Å². The van der Waals surface area contributed by atoms with Crippen molar-refractivity contribution in [3.63, 3.8) is 0 Å². The van der Waals surface area contributed by atoms with Crippen LogP contribution in [0.5, 0.6) is 0 Å². The zero-order valence-electron chi connectivity index (χ0n) is 20.6. The van der Waals surface area contributed by atoms with Gasteiger partial charge in [0.15, 0.2) is 5.78 Å². The summed E-state index contributed by atoms with van der Waals surface area (Å²) in [6.07, 6.45) is 2.63. The summed E-state index contributed by atoms with van der Waals surface area (Å²) >= 11 is 1.61. The summed E-state index contributed by atoms with van der Waals surface area (Å²) < 4.78 is 0. The minimum atomic E-state index is -0.836. The lowest BCUT2D eigenvalue weighted by Crippen LogP contribution is -2.49. The maximum Gasteiger partial charge on any atom is 0.243 e. The number of thiazole rings is 1. The van der Waals surface area contributed by atoms with Crippen LogP contribution in [0.15, 0.2) is 35.5 Å². The van der Waals surface area contributed by atoms with E-state index >= 15 is 0 Å². The molecule has 182 valence electrons. The highest BCUT2D eigenvalue weighted by atomic mass is 32.1. The Hall–Kier alpha value is -3.00. The van der Waals surface area contributed by atoms with Crippen molar-refractivity contribution in [3.05, 3.63) is 52.3 Å². The molecule has 34 heavy (non-hydrogen) atoms. The second-order valence-corrected chi connectivity index (χ2v) is 10.2. The summed E-state index contributed by atoms with van der Waals surface area (Å²) in [4.78, 5) is 46.0. The molecule has 8 heteroatoms. The Labute approximate surface area is 205 Å². The van der Waals surface area contributed by atoms with Gasteiger partial charge in [-0.2, -0.15) is 0 Å². The van der Waals surface area contributed by atoms with E-state index in [2.05, 4.69) is 16.4 Å². The number of carbonyl (C=O) groups excluding carboxylic acids is 3. The standard InChI is InChI=1S/C26H34N4O3S/c1-15(2)23(22(31)12-17(4)27)26(33)30-10-6-7-21(30)25(32)28-13-20-9-8-19(11-16(20)3)24-18(5)29-14-34-24/h8-9,11-12,14-15,21,23H,6-7,10,13,27H2,1-5H3,(H,28,32). The molecule has 0 radical (unpaired) electrons. The van der Waals surface area contributed by atoms with Crippen LogP contribution in [0.3, 0.4) is 0 Å². The number of likely N-dealkylation sites (tertiary alicyclic amines) is 1. The first-order chi connectivity index (χ1) is 16.1. The lowest BCUT2D eigenvalue weighted by Gasteiger charge is -2.29. The van der Waals surface area contributed by atoms with Crippen LogP contribution in [0.2, 0.25) is 0 Å². The number of aryl methyl sites for hydroxylation is 2. The predicted molar refractivity (Wildman–Crippen MR) is 135 cm³/mol. The largest absolute Gasteiger partial charge is 0.402 e. The van der Waals surface area contributed by atoms with Gasteiger partial charge in [-0.3, -0.25) is 14.4 Å². The van der Waals surface area contributed by atoms with Crippen molar-refractivity contribution in [3.8, 4) is 10.4 Å². The van der Waals surface area contributed by atoms with Gasteiger partial charge in [-0.1, -0.05) is 32.0 Å². The van der Waals surface area contributed by atoms with Crippen LogP contribution in [0.4, 0.5) is 0 Å². The van der Waals surface area contributed by atoms with Gasteiger partial charge in [0.25, 0.3) is 0 Å². The van der Waals surface area contributed by atoms with Crippen molar-refractivity contribution in [2.75, 3.05) is 6.54 Å². The summed E-state index contributed by atoms with van der Waals surface area (Å²) in [6.45, 7) is 10.2. The Morgan fingerprint density at radius 2 is 2.03 bits per heavy atom. The third-order valence-corrected chi connectivity index (χ3v) is 7.23. The van der Waals surface area contributed by atoms with Crippen molar-refractivity contribution >= 4 is 28.9 Å². The molecule has 1 aliphatic heterocycles. The quantitative estimate of drug-likeness (QED) is 0.440. The van der Waals surface area contributed by atoms with E-state index in [1.807, 2.05) is 45.3 Å². The number of nitrogens with two attached hydrogens (primary N) is 1. The number of benzene rings is 1. The van der Waals surface area contributed by atoms with Gasteiger partial charge in [0.05, 0.1) is 16.1 Å². The number of rotatable bonds is 8. The van der Waals surface area contributed by atoms with Crippen LogP contribution < -0.4 is 11.1 Å². The number of allylic oxidation sites excluding steroid dienone is 2. The third-order valence-electron chi connectivity index (χ3n) is 6.25. The fraction of sp³-hybridized carbons (Fsp3) is 0.462. The van der Waals surface area contributed by atoms with Gasteiger partial charge < -0.3 is 16.0 Å². The summed E-state index contributed by atoms with van der Waals surface area (Å²) in [5, 5.41) is 3.00. The number of hydrogen-bond donors (Lipinski definition) is 2. The van der Waals surface area contributed by atoms with Crippen LogP contribution in [-0.4, -0.2) is 40.1 Å². The molecule has 2 unspecified atom stereocenters. The molecular formula is C26H34N4O3S. The minimum Gasteiger partial charge on any atom is -0.402 e. The lowest BCUT2D eigenvalue weighted by atomic mass is 9.89. The molecule has 0 saturated carbocycles. The number of amides is 2. The summed E-state index contributed by atoms with van der Waals surface area (Å²) in [5.74, 6) is -1.82. The van der Waals surface area contributed by atoms with E-state index in [9.17, 15) is 14.4 Å². The number of aromatic nitrogens is 1. The monoisotopic (exact) mass is 482 g/mol. The topological polar surface area (TPSA) is 105 Å². The average Bonchev–Trinajstić information content (AvgIpc) is 3.41. The van der Waals surface area contributed by atoms with Crippen LogP contribution in [0, 0.1) is 25.7 Å². The molecule has 3 rings (SSSR count). The average molecular weight is 483 g/mol. The van der Waals surface area contributed by atoms with Crippen LogP contribution >= 0.6 is 11.3 Å². The highest BCUT2D eigenvalue weighted by Gasteiger charge is 2.40. The van der Waals surface area contributed by atoms with Crippen LogP contribution in [0.1, 0.15) is 50.4 Å². The third kappa shape index (κ3) is 5.73. The first-order valence-electron chi connectivity index (χ1n) is 11.7. The molecule has 1 saturated heterocycles. The molecular weight excluding hydrogens is 448 g/mol. The zero-order chi connectivity index (χ0) is 25.0. The molecule has 2 amide bonds. The van der Waals surface area contributed by atoms with Gasteiger partial charge in [0, 0.05) is 24.9 Å². The second kappa shape index (κ2) is 11.0. The first-order valence-corrected chi connectivity index (χ1v) is 12.5. The second-order valence-electron chi connectivity index (χ2n) is 9.33. The Kier molecular flexibility index (Phi) is 8.25. The lowest BCUT2D eigenvalue weighted by molar-refractivity contribution is -0.146. The highest BCUT2D eigenvalue weighted by molar-refractivity contribution is 7.13. The number of nitrogens with one attached hydrogen (secondary N) is 1. The van der Waals surface area contributed by atoms with Gasteiger partial charge in [0.1, 0.15) is 12.0 Å². The summed E-state index contributed by atoms with van der Waals surface area (Å²) in [7, 11) is 0. The number of ketones is 1. The molecule has 1 fully saturated rings. The molecule has 0 spiro atoms. The highest BCUT2D eigenvalue weighted by Crippen LogP contribution is 2.29. The van der Waals surface area contributed by atoms with Crippen LogP contribution in [-0.2, 0) is 20.9 Å². The Balaban J connectivity index is 1.68.